The van der Waals surface area contributed by atoms with Gasteiger partial charge in [-0.15, -0.1) is 11.8 Å². The number of nitrogens with one attached hydrogen (secondary N) is 1. The molecule has 196 valence electrons. The number of rotatable bonds is 12. The van der Waals surface area contributed by atoms with Gasteiger partial charge in [-0.3, -0.25) is 9.59 Å². The first-order valence-electron chi connectivity index (χ1n) is 11.8. The molecule has 3 rings (SSSR count). The van der Waals surface area contributed by atoms with E-state index in [1.807, 2.05) is 49.4 Å². The van der Waals surface area contributed by atoms with Gasteiger partial charge in [0.1, 0.15) is 6.04 Å². The average molecular weight is 598 g/mol. The summed E-state index contributed by atoms with van der Waals surface area (Å²) < 4.78 is 0. The van der Waals surface area contributed by atoms with Crippen molar-refractivity contribution in [2.24, 2.45) is 0 Å². The maximum Gasteiger partial charge on any atom is 0.243 e. The molecule has 0 unspecified atom stereocenters. The SMILES string of the molecule is CCCNC(=O)[C@@H](Cc1ccccc1)N(Cc1ccc(Cl)c(Cl)c1)C(=O)CSCc1ccc(Cl)cc1Cl. The molecule has 0 heterocycles. The van der Waals surface area contributed by atoms with E-state index in [2.05, 4.69) is 5.32 Å². The van der Waals surface area contributed by atoms with Crippen LogP contribution >= 0.6 is 58.2 Å². The molecule has 0 spiro atoms. The van der Waals surface area contributed by atoms with Crippen molar-refractivity contribution in [2.75, 3.05) is 12.3 Å². The fourth-order valence-corrected chi connectivity index (χ4v) is 5.51. The van der Waals surface area contributed by atoms with Crippen molar-refractivity contribution in [3.05, 3.63) is 104 Å². The van der Waals surface area contributed by atoms with E-state index in [4.69, 9.17) is 46.4 Å². The zero-order valence-electron chi connectivity index (χ0n) is 20.4. The first kappa shape index (κ1) is 29.7. The largest absolute Gasteiger partial charge is 0.354 e. The third-order valence-electron chi connectivity index (χ3n) is 5.66. The van der Waals surface area contributed by atoms with Gasteiger partial charge < -0.3 is 10.2 Å². The predicted molar refractivity (Wildman–Crippen MR) is 157 cm³/mol. The summed E-state index contributed by atoms with van der Waals surface area (Å²) in [4.78, 5) is 28.6. The molecule has 37 heavy (non-hydrogen) atoms. The lowest BCUT2D eigenvalue weighted by atomic mass is 10.0. The smallest absolute Gasteiger partial charge is 0.243 e. The summed E-state index contributed by atoms with van der Waals surface area (Å²) in [5, 5.41) is 4.92. The van der Waals surface area contributed by atoms with Gasteiger partial charge in [0.2, 0.25) is 11.8 Å². The van der Waals surface area contributed by atoms with E-state index in [0.29, 0.717) is 38.8 Å². The normalized spacial score (nSPS) is 11.7. The Balaban J connectivity index is 1.86. The third kappa shape index (κ3) is 9.12. The third-order valence-corrected chi connectivity index (χ3v) is 7.95. The quantitative estimate of drug-likeness (QED) is 0.233. The molecule has 0 saturated carbocycles. The van der Waals surface area contributed by atoms with Gasteiger partial charge in [0.05, 0.1) is 15.8 Å². The van der Waals surface area contributed by atoms with Crippen molar-refractivity contribution in [2.45, 2.75) is 38.1 Å². The molecule has 0 saturated heterocycles. The van der Waals surface area contributed by atoms with E-state index in [-0.39, 0.29) is 24.1 Å². The number of halogens is 4. The Hall–Kier alpha value is -1.89. The van der Waals surface area contributed by atoms with Crippen LogP contribution < -0.4 is 5.32 Å². The molecule has 0 bridgehead atoms. The van der Waals surface area contributed by atoms with E-state index in [9.17, 15) is 9.59 Å². The van der Waals surface area contributed by atoms with Crippen molar-refractivity contribution in [3.63, 3.8) is 0 Å². The Morgan fingerprint density at radius 1 is 0.892 bits per heavy atom. The number of hydrogen-bond acceptors (Lipinski definition) is 3. The summed E-state index contributed by atoms with van der Waals surface area (Å²) in [5.41, 5.74) is 2.64. The number of thioether (sulfide) groups is 1. The van der Waals surface area contributed by atoms with Crippen LogP contribution in [-0.2, 0) is 28.3 Å². The zero-order chi connectivity index (χ0) is 26.8. The second-order valence-corrected chi connectivity index (χ2v) is 11.1. The fourth-order valence-electron chi connectivity index (χ4n) is 3.72. The maximum absolute atomic E-state index is 13.7. The van der Waals surface area contributed by atoms with Crippen LogP contribution in [0.15, 0.2) is 66.7 Å². The highest BCUT2D eigenvalue weighted by atomic mass is 35.5. The van der Waals surface area contributed by atoms with Crippen molar-refractivity contribution < 1.29 is 9.59 Å². The molecule has 0 radical (unpaired) electrons. The highest BCUT2D eigenvalue weighted by molar-refractivity contribution is 7.99. The van der Waals surface area contributed by atoms with Crippen LogP contribution in [0, 0.1) is 0 Å². The number of benzene rings is 3. The van der Waals surface area contributed by atoms with Gasteiger partial charge in [0.15, 0.2) is 0 Å². The van der Waals surface area contributed by atoms with Crippen LogP contribution in [0.5, 0.6) is 0 Å². The minimum Gasteiger partial charge on any atom is -0.354 e. The summed E-state index contributed by atoms with van der Waals surface area (Å²) in [6.07, 6.45) is 1.18. The van der Waals surface area contributed by atoms with E-state index in [1.165, 1.54) is 11.8 Å². The molecule has 1 N–H and O–H groups in total. The van der Waals surface area contributed by atoms with Crippen molar-refractivity contribution in [1.82, 2.24) is 10.2 Å². The maximum atomic E-state index is 13.7. The van der Waals surface area contributed by atoms with Gasteiger partial charge in [-0.25, -0.2) is 0 Å². The molecule has 0 aliphatic heterocycles. The molecule has 0 aliphatic rings. The van der Waals surface area contributed by atoms with Crippen LogP contribution in [0.4, 0.5) is 0 Å². The van der Waals surface area contributed by atoms with Gasteiger partial charge in [0, 0.05) is 35.3 Å². The average Bonchev–Trinajstić information content (AvgIpc) is 2.88. The summed E-state index contributed by atoms with van der Waals surface area (Å²) >= 11 is 26.1. The molecule has 9 heteroatoms. The number of nitrogens with zero attached hydrogens (tertiary/aromatic N) is 1. The predicted octanol–water partition coefficient (Wildman–Crippen LogP) is 7.70. The highest BCUT2D eigenvalue weighted by Gasteiger charge is 2.30. The van der Waals surface area contributed by atoms with Gasteiger partial charge in [-0.05, 0) is 47.4 Å². The number of hydrogen-bond donors (Lipinski definition) is 1. The van der Waals surface area contributed by atoms with Gasteiger partial charge in [0.25, 0.3) is 0 Å². The standard InChI is InChI=1S/C28H28Cl4N2O2S/c1-2-12-33-28(36)26(14-19-6-4-3-5-7-19)34(16-20-8-11-23(30)25(32)13-20)27(35)18-37-17-21-9-10-22(29)15-24(21)31/h3-11,13,15,26H,2,12,14,16-18H2,1H3,(H,33,36)/t26-/m1/s1. The summed E-state index contributed by atoms with van der Waals surface area (Å²) in [7, 11) is 0. The summed E-state index contributed by atoms with van der Waals surface area (Å²) in [6, 6.07) is 19.5. The number of carbonyl (C=O) groups excluding carboxylic acids is 2. The van der Waals surface area contributed by atoms with Crippen LogP contribution in [0.25, 0.3) is 0 Å². The first-order valence-corrected chi connectivity index (χ1v) is 14.5. The second-order valence-electron chi connectivity index (χ2n) is 8.50. The van der Waals surface area contributed by atoms with E-state index in [1.54, 1.807) is 29.2 Å². The second kappa shape index (κ2) is 14.9. The van der Waals surface area contributed by atoms with Crippen LogP contribution in [0.3, 0.4) is 0 Å². The van der Waals surface area contributed by atoms with Gasteiger partial charge >= 0.3 is 0 Å². The minimum atomic E-state index is -0.698. The van der Waals surface area contributed by atoms with Crippen molar-refractivity contribution in [1.29, 1.82) is 0 Å². The Morgan fingerprint density at radius 3 is 2.32 bits per heavy atom. The molecule has 0 aromatic heterocycles. The lowest BCUT2D eigenvalue weighted by Gasteiger charge is -2.31. The van der Waals surface area contributed by atoms with Crippen molar-refractivity contribution >= 4 is 70.0 Å². The lowest BCUT2D eigenvalue weighted by Crippen LogP contribution is -2.51. The molecule has 0 aliphatic carbocycles. The summed E-state index contributed by atoms with van der Waals surface area (Å²) in [6.45, 7) is 2.74. The molecule has 1 atom stereocenters. The molecule has 3 aromatic rings. The molecule has 2 amide bonds. The van der Waals surface area contributed by atoms with Crippen LogP contribution in [-0.4, -0.2) is 35.1 Å². The zero-order valence-corrected chi connectivity index (χ0v) is 24.2. The fraction of sp³-hybridized carbons (Fsp3) is 0.286. The van der Waals surface area contributed by atoms with Gasteiger partial charge in [-0.2, -0.15) is 0 Å². The Labute approximate surface area is 242 Å². The van der Waals surface area contributed by atoms with E-state index >= 15 is 0 Å². The Kier molecular flexibility index (Phi) is 11.9. The molecule has 4 nitrogen and oxygen atoms in total. The van der Waals surface area contributed by atoms with E-state index in [0.717, 1.165) is 23.1 Å². The van der Waals surface area contributed by atoms with Gasteiger partial charge in [-0.1, -0.05) is 95.8 Å². The topological polar surface area (TPSA) is 49.4 Å². The Bertz CT molecular complexity index is 1210. The number of carbonyl (C=O) groups is 2. The molecule has 3 aromatic carbocycles. The van der Waals surface area contributed by atoms with Crippen LogP contribution in [0.2, 0.25) is 20.1 Å². The first-order chi connectivity index (χ1) is 17.8. The van der Waals surface area contributed by atoms with Crippen LogP contribution in [0.1, 0.15) is 30.0 Å². The Morgan fingerprint density at radius 2 is 1.65 bits per heavy atom. The molecular weight excluding hydrogens is 570 g/mol. The van der Waals surface area contributed by atoms with E-state index < -0.39 is 6.04 Å². The monoisotopic (exact) mass is 596 g/mol. The van der Waals surface area contributed by atoms with Crippen molar-refractivity contribution in [3.8, 4) is 0 Å². The highest BCUT2D eigenvalue weighted by Crippen LogP contribution is 2.27. The molecule has 0 fully saturated rings. The minimum absolute atomic E-state index is 0.159. The summed E-state index contributed by atoms with van der Waals surface area (Å²) in [5.74, 6) is 0.360. The lowest BCUT2D eigenvalue weighted by molar-refractivity contribution is -0.139. The number of amides is 2. The molecular formula is C28H28Cl4N2O2S.